The van der Waals surface area contributed by atoms with E-state index in [4.69, 9.17) is 11.6 Å². The van der Waals surface area contributed by atoms with Crippen molar-refractivity contribution in [3.8, 4) is 5.69 Å². The topological polar surface area (TPSA) is 73.1 Å². The molecule has 1 N–H and O–H groups in total. The molecule has 1 amide bonds. The fourth-order valence-corrected chi connectivity index (χ4v) is 4.38. The van der Waals surface area contributed by atoms with E-state index in [1.54, 1.807) is 35.7 Å². The molecular formula is C22H18ClN3O3S. The van der Waals surface area contributed by atoms with E-state index in [9.17, 15) is 14.4 Å². The Morgan fingerprint density at radius 1 is 1.10 bits per heavy atom. The van der Waals surface area contributed by atoms with Crippen LogP contribution in [-0.2, 0) is 17.8 Å². The van der Waals surface area contributed by atoms with Crippen LogP contribution >= 0.6 is 22.9 Å². The van der Waals surface area contributed by atoms with Crippen LogP contribution in [0.4, 0.5) is 5.69 Å². The number of anilines is 1. The number of para-hydroxylation sites is 1. The first-order valence-electron chi connectivity index (χ1n) is 9.36. The highest BCUT2D eigenvalue weighted by molar-refractivity contribution is 7.17. The van der Waals surface area contributed by atoms with Gasteiger partial charge < -0.3 is 5.32 Å². The largest absolute Gasteiger partial charge is 0.336 e. The van der Waals surface area contributed by atoms with Crippen molar-refractivity contribution in [3.63, 3.8) is 0 Å². The Balaban J connectivity index is 1.79. The number of amides is 1. The molecule has 6 nitrogen and oxygen atoms in total. The quantitative estimate of drug-likeness (QED) is 0.509. The van der Waals surface area contributed by atoms with Crippen molar-refractivity contribution in [2.75, 3.05) is 5.32 Å². The Labute approximate surface area is 181 Å². The lowest BCUT2D eigenvalue weighted by Crippen LogP contribution is -2.40. The summed E-state index contributed by atoms with van der Waals surface area (Å²) in [5, 5.41) is 5.01. The van der Waals surface area contributed by atoms with Crippen molar-refractivity contribution in [3.05, 3.63) is 91.4 Å². The predicted octanol–water partition coefficient (Wildman–Crippen LogP) is 4.07. The number of hydrogen-bond acceptors (Lipinski definition) is 4. The first kappa shape index (κ1) is 20.1. The van der Waals surface area contributed by atoms with Crippen LogP contribution in [0, 0.1) is 0 Å². The molecule has 30 heavy (non-hydrogen) atoms. The smallest absolute Gasteiger partial charge is 0.324 e. The van der Waals surface area contributed by atoms with Gasteiger partial charge in [0.2, 0.25) is 5.91 Å². The predicted molar refractivity (Wildman–Crippen MR) is 121 cm³/mol. The number of aromatic nitrogens is 2. The van der Waals surface area contributed by atoms with Gasteiger partial charge in [-0.3, -0.25) is 14.2 Å². The molecule has 152 valence electrons. The summed E-state index contributed by atoms with van der Waals surface area (Å²) in [5.41, 5.74) is 1.49. The van der Waals surface area contributed by atoms with Crippen LogP contribution in [0.2, 0.25) is 5.02 Å². The molecule has 0 atom stereocenters. The first-order valence-corrected chi connectivity index (χ1v) is 10.6. The molecule has 0 radical (unpaired) electrons. The van der Waals surface area contributed by atoms with Gasteiger partial charge in [0, 0.05) is 10.7 Å². The molecule has 0 aliphatic rings. The second-order valence-corrected chi connectivity index (χ2v) is 8.04. The maximum Gasteiger partial charge on any atom is 0.336 e. The molecule has 0 fully saturated rings. The Bertz CT molecular complexity index is 1370. The SMILES string of the molecule is CCc1ccccc1NC(=O)Cn1c(=O)n(-c2cccc(Cl)c2)c(=O)c2sccc21. The minimum Gasteiger partial charge on any atom is -0.324 e. The molecule has 0 saturated carbocycles. The van der Waals surface area contributed by atoms with Gasteiger partial charge in [-0.15, -0.1) is 11.3 Å². The van der Waals surface area contributed by atoms with E-state index in [1.807, 2.05) is 31.2 Å². The minimum atomic E-state index is -0.591. The van der Waals surface area contributed by atoms with E-state index >= 15 is 0 Å². The normalized spacial score (nSPS) is 11.0. The van der Waals surface area contributed by atoms with Gasteiger partial charge in [0.1, 0.15) is 11.2 Å². The molecule has 2 heterocycles. The monoisotopic (exact) mass is 439 g/mol. The summed E-state index contributed by atoms with van der Waals surface area (Å²) in [6, 6.07) is 15.7. The van der Waals surface area contributed by atoms with E-state index in [0.717, 1.165) is 16.6 Å². The first-order chi connectivity index (χ1) is 14.5. The van der Waals surface area contributed by atoms with Gasteiger partial charge in [0.05, 0.1) is 11.2 Å². The number of halogens is 1. The maximum absolute atomic E-state index is 13.2. The van der Waals surface area contributed by atoms with Crippen LogP contribution in [0.15, 0.2) is 69.6 Å². The molecule has 0 saturated heterocycles. The van der Waals surface area contributed by atoms with Gasteiger partial charge in [-0.1, -0.05) is 42.8 Å². The maximum atomic E-state index is 13.2. The highest BCUT2D eigenvalue weighted by atomic mass is 35.5. The van der Waals surface area contributed by atoms with Crippen LogP contribution in [-0.4, -0.2) is 15.0 Å². The Kier molecular flexibility index (Phi) is 5.57. The molecule has 0 bridgehead atoms. The third-order valence-corrected chi connectivity index (χ3v) is 5.92. The molecule has 2 aromatic carbocycles. The van der Waals surface area contributed by atoms with Gasteiger partial charge in [0.25, 0.3) is 5.56 Å². The molecule has 4 aromatic rings. The van der Waals surface area contributed by atoms with Crippen molar-refractivity contribution in [2.24, 2.45) is 0 Å². The van der Waals surface area contributed by atoms with E-state index in [1.165, 1.54) is 15.9 Å². The summed E-state index contributed by atoms with van der Waals surface area (Å²) in [6.07, 6.45) is 0.769. The zero-order valence-electron chi connectivity index (χ0n) is 16.1. The molecule has 0 spiro atoms. The highest BCUT2D eigenvalue weighted by Crippen LogP contribution is 2.19. The highest BCUT2D eigenvalue weighted by Gasteiger charge is 2.18. The Morgan fingerprint density at radius 3 is 2.67 bits per heavy atom. The van der Waals surface area contributed by atoms with Crippen LogP contribution in [0.3, 0.4) is 0 Å². The second kappa shape index (κ2) is 8.30. The van der Waals surface area contributed by atoms with E-state index in [0.29, 0.717) is 26.6 Å². The van der Waals surface area contributed by atoms with Crippen LogP contribution in [0.1, 0.15) is 12.5 Å². The van der Waals surface area contributed by atoms with E-state index in [-0.39, 0.29) is 12.5 Å². The summed E-state index contributed by atoms with van der Waals surface area (Å²) in [4.78, 5) is 39.0. The number of fused-ring (bicyclic) bond motifs is 1. The van der Waals surface area contributed by atoms with Crippen molar-refractivity contribution in [1.29, 1.82) is 0 Å². The van der Waals surface area contributed by atoms with Gasteiger partial charge in [-0.2, -0.15) is 0 Å². The molecule has 0 unspecified atom stereocenters. The number of nitrogens with zero attached hydrogens (tertiary/aromatic N) is 2. The minimum absolute atomic E-state index is 0.217. The fraction of sp³-hybridized carbons (Fsp3) is 0.136. The molecule has 4 rings (SSSR count). The Morgan fingerprint density at radius 2 is 1.90 bits per heavy atom. The van der Waals surface area contributed by atoms with Crippen LogP contribution < -0.4 is 16.6 Å². The fourth-order valence-electron chi connectivity index (χ4n) is 3.37. The van der Waals surface area contributed by atoms with Crippen LogP contribution in [0.25, 0.3) is 15.9 Å². The molecule has 0 aliphatic heterocycles. The van der Waals surface area contributed by atoms with Gasteiger partial charge in [-0.05, 0) is 47.7 Å². The molecule has 2 aromatic heterocycles. The number of carbonyl (C=O) groups is 1. The van der Waals surface area contributed by atoms with Crippen molar-refractivity contribution < 1.29 is 4.79 Å². The van der Waals surface area contributed by atoms with E-state index < -0.39 is 11.2 Å². The molecule has 8 heteroatoms. The van der Waals surface area contributed by atoms with Crippen molar-refractivity contribution >= 4 is 44.7 Å². The van der Waals surface area contributed by atoms with Crippen molar-refractivity contribution in [2.45, 2.75) is 19.9 Å². The Hall–Kier alpha value is -3.16. The zero-order valence-corrected chi connectivity index (χ0v) is 17.7. The van der Waals surface area contributed by atoms with Crippen LogP contribution in [0.5, 0.6) is 0 Å². The van der Waals surface area contributed by atoms with Gasteiger partial charge >= 0.3 is 5.69 Å². The van der Waals surface area contributed by atoms with E-state index in [2.05, 4.69) is 5.32 Å². The second-order valence-electron chi connectivity index (χ2n) is 6.68. The molecular weight excluding hydrogens is 422 g/mol. The third-order valence-electron chi connectivity index (χ3n) is 4.80. The summed E-state index contributed by atoms with van der Waals surface area (Å²) in [5.74, 6) is -0.346. The lowest BCUT2D eigenvalue weighted by molar-refractivity contribution is -0.116. The zero-order chi connectivity index (χ0) is 21.3. The average Bonchev–Trinajstić information content (AvgIpc) is 3.22. The summed E-state index contributed by atoms with van der Waals surface area (Å²) in [6.45, 7) is 1.79. The summed E-state index contributed by atoms with van der Waals surface area (Å²) in [7, 11) is 0. The average molecular weight is 440 g/mol. The summed E-state index contributed by atoms with van der Waals surface area (Å²) < 4.78 is 2.77. The van der Waals surface area contributed by atoms with Gasteiger partial charge in [-0.25, -0.2) is 9.36 Å². The number of aryl methyl sites for hydroxylation is 1. The summed E-state index contributed by atoms with van der Waals surface area (Å²) >= 11 is 7.28. The number of carbonyl (C=O) groups excluding carboxylic acids is 1. The number of rotatable bonds is 5. The lowest BCUT2D eigenvalue weighted by Gasteiger charge is -2.14. The molecule has 0 aliphatic carbocycles. The van der Waals surface area contributed by atoms with Crippen molar-refractivity contribution in [1.82, 2.24) is 9.13 Å². The number of benzene rings is 2. The lowest BCUT2D eigenvalue weighted by atomic mass is 10.1. The number of hydrogen-bond donors (Lipinski definition) is 1. The number of nitrogens with one attached hydrogen (secondary N) is 1. The number of thiophene rings is 1. The third kappa shape index (κ3) is 3.69. The standard InChI is InChI=1S/C22H18ClN3O3S/c1-2-14-6-3-4-9-17(14)24-19(27)13-25-18-10-11-30-20(18)21(28)26(22(25)29)16-8-5-7-15(23)12-16/h3-12H,2,13H2,1H3,(H,24,27). The van der Waals surface area contributed by atoms with Gasteiger partial charge in [0.15, 0.2) is 0 Å².